The van der Waals surface area contributed by atoms with Crippen LogP contribution in [0.1, 0.15) is 16.2 Å². The number of aromatic nitrogens is 2. The summed E-state index contributed by atoms with van der Waals surface area (Å²) in [5.74, 6) is 1.28. The van der Waals surface area contributed by atoms with Crippen molar-refractivity contribution in [2.24, 2.45) is 0 Å². The Bertz CT molecular complexity index is 1180. The van der Waals surface area contributed by atoms with Gasteiger partial charge >= 0.3 is 11.8 Å². The van der Waals surface area contributed by atoms with E-state index in [1.807, 2.05) is 0 Å². The van der Waals surface area contributed by atoms with Crippen LogP contribution in [0.2, 0.25) is 0 Å². The van der Waals surface area contributed by atoms with Gasteiger partial charge in [0, 0.05) is 19.2 Å². The fourth-order valence-electron chi connectivity index (χ4n) is 3.34. The van der Waals surface area contributed by atoms with Crippen LogP contribution in [0.4, 0.5) is 5.69 Å². The van der Waals surface area contributed by atoms with Crippen LogP contribution in [0.3, 0.4) is 0 Å². The molecule has 172 valence electrons. The topological polar surface area (TPSA) is 125 Å². The Morgan fingerprint density at radius 1 is 1.12 bits per heavy atom. The minimum Gasteiger partial charge on any atom is -0.493 e. The highest BCUT2D eigenvalue weighted by atomic mass is 16.5. The number of methoxy groups -OCH3 is 3. The SMILES string of the molecule is COc1cc(CNC(=O)c2nc(-c3ccc4c(c3)OCC(=O)N4C)no2)cc(OC)c1OC. The molecule has 11 nitrogen and oxygen atoms in total. The molecule has 0 spiro atoms. The molecule has 11 heteroatoms. The Balaban J connectivity index is 1.48. The molecule has 2 heterocycles. The first-order valence-electron chi connectivity index (χ1n) is 9.89. The number of anilines is 1. The van der Waals surface area contributed by atoms with E-state index in [4.69, 9.17) is 23.5 Å². The number of likely N-dealkylation sites (N-methyl/N-ethyl adjacent to an activating group) is 1. The molecule has 0 bridgehead atoms. The third-order valence-corrected chi connectivity index (χ3v) is 5.10. The number of ether oxygens (including phenoxy) is 4. The van der Waals surface area contributed by atoms with Gasteiger partial charge in [0.25, 0.3) is 5.91 Å². The van der Waals surface area contributed by atoms with Crippen LogP contribution in [0.15, 0.2) is 34.9 Å². The Kier molecular flexibility index (Phi) is 6.03. The zero-order valence-corrected chi connectivity index (χ0v) is 18.5. The van der Waals surface area contributed by atoms with E-state index in [0.717, 1.165) is 5.56 Å². The van der Waals surface area contributed by atoms with Gasteiger partial charge in [0.2, 0.25) is 11.6 Å². The van der Waals surface area contributed by atoms with Gasteiger partial charge in [-0.25, -0.2) is 0 Å². The van der Waals surface area contributed by atoms with Crippen LogP contribution in [-0.2, 0) is 11.3 Å². The molecular formula is C22H22N4O7. The molecule has 0 fully saturated rings. The van der Waals surface area contributed by atoms with Gasteiger partial charge < -0.3 is 33.7 Å². The lowest BCUT2D eigenvalue weighted by molar-refractivity contribution is -0.120. The zero-order valence-electron chi connectivity index (χ0n) is 18.5. The van der Waals surface area contributed by atoms with Crippen LogP contribution in [-0.4, -0.2) is 56.9 Å². The monoisotopic (exact) mass is 454 g/mol. The molecule has 0 atom stereocenters. The minimum atomic E-state index is -0.540. The van der Waals surface area contributed by atoms with Crippen molar-refractivity contribution in [3.8, 4) is 34.4 Å². The lowest BCUT2D eigenvalue weighted by Crippen LogP contribution is -2.35. The highest BCUT2D eigenvalue weighted by Crippen LogP contribution is 2.38. The summed E-state index contributed by atoms with van der Waals surface area (Å²) in [7, 11) is 6.22. The predicted octanol–water partition coefficient (Wildman–Crippen LogP) is 2.05. The maximum Gasteiger partial charge on any atom is 0.316 e. The number of amides is 2. The first-order chi connectivity index (χ1) is 15.9. The fourth-order valence-corrected chi connectivity index (χ4v) is 3.34. The Labute approximate surface area is 189 Å². The van der Waals surface area contributed by atoms with Gasteiger partial charge in [0.05, 0.1) is 27.0 Å². The second-order valence-electron chi connectivity index (χ2n) is 7.06. The van der Waals surface area contributed by atoms with Crippen molar-refractivity contribution in [1.82, 2.24) is 15.5 Å². The van der Waals surface area contributed by atoms with Crippen molar-refractivity contribution in [3.05, 3.63) is 41.8 Å². The number of hydrogen-bond donors (Lipinski definition) is 1. The zero-order chi connectivity index (χ0) is 23.5. The van der Waals surface area contributed by atoms with Gasteiger partial charge in [-0.1, -0.05) is 5.16 Å². The van der Waals surface area contributed by atoms with Gasteiger partial charge in [-0.05, 0) is 35.9 Å². The van der Waals surface area contributed by atoms with Crippen LogP contribution in [0, 0.1) is 0 Å². The Morgan fingerprint density at radius 2 is 1.85 bits per heavy atom. The molecule has 4 rings (SSSR count). The lowest BCUT2D eigenvalue weighted by atomic mass is 10.1. The minimum absolute atomic E-state index is 0.0478. The molecule has 0 unspecified atom stereocenters. The number of benzene rings is 2. The number of rotatable bonds is 7. The number of nitrogens with zero attached hydrogens (tertiary/aromatic N) is 3. The standard InChI is InChI=1S/C22H22N4O7/c1-26-14-6-5-13(9-15(14)32-11-18(26)27)20-24-22(33-25-20)21(28)23-10-12-7-16(29-2)19(31-4)17(8-12)30-3/h5-9H,10-11H2,1-4H3,(H,23,28). The molecule has 0 saturated heterocycles. The summed E-state index contributed by atoms with van der Waals surface area (Å²) in [5.41, 5.74) is 1.95. The van der Waals surface area contributed by atoms with E-state index in [0.29, 0.717) is 34.2 Å². The second-order valence-corrected chi connectivity index (χ2v) is 7.06. The first kappa shape index (κ1) is 21.9. The molecule has 2 amide bonds. The molecule has 0 saturated carbocycles. The van der Waals surface area contributed by atoms with E-state index in [2.05, 4.69) is 15.5 Å². The molecule has 1 aliphatic rings. The highest BCUT2D eigenvalue weighted by molar-refractivity contribution is 5.97. The smallest absolute Gasteiger partial charge is 0.316 e. The average Bonchev–Trinajstić information content (AvgIpc) is 3.34. The summed E-state index contributed by atoms with van der Waals surface area (Å²) >= 11 is 0. The normalized spacial score (nSPS) is 12.6. The van der Waals surface area contributed by atoms with Gasteiger partial charge in [-0.2, -0.15) is 4.98 Å². The number of fused-ring (bicyclic) bond motifs is 1. The van der Waals surface area contributed by atoms with E-state index >= 15 is 0 Å². The van der Waals surface area contributed by atoms with Crippen molar-refractivity contribution >= 4 is 17.5 Å². The summed E-state index contributed by atoms with van der Waals surface area (Å²) in [4.78, 5) is 30.0. The molecule has 2 aromatic carbocycles. The summed E-state index contributed by atoms with van der Waals surface area (Å²) in [5, 5.41) is 6.61. The van der Waals surface area contributed by atoms with Gasteiger partial charge in [0.15, 0.2) is 18.1 Å². The van der Waals surface area contributed by atoms with E-state index < -0.39 is 5.91 Å². The van der Waals surface area contributed by atoms with E-state index in [1.54, 1.807) is 37.4 Å². The Hall–Kier alpha value is -4.28. The van der Waals surface area contributed by atoms with Crippen LogP contribution < -0.4 is 29.2 Å². The largest absolute Gasteiger partial charge is 0.493 e. The van der Waals surface area contributed by atoms with E-state index in [9.17, 15) is 9.59 Å². The number of carbonyl (C=O) groups is 2. The summed E-state index contributed by atoms with van der Waals surface area (Å²) < 4.78 is 26.6. The van der Waals surface area contributed by atoms with Gasteiger partial charge in [0.1, 0.15) is 5.75 Å². The van der Waals surface area contributed by atoms with Crippen LogP contribution in [0.25, 0.3) is 11.4 Å². The maximum absolute atomic E-state index is 12.5. The molecule has 0 radical (unpaired) electrons. The van der Waals surface area contributed by atoms with Crippen LogP contribution in [0.5, 0.6) is 23.0 Å². The van der Waals surface area contributed by atoms with Gasteiger partial charge in [-0.15, -0.1) is 0 Å². The second kappa shape index (κ2) is 9.07. The summed E-state index contributed by atoms with van der Waals surface area (Å²) in [6.45, 7) is 0.119. The van der Waals surface area contributed by atoms with Crippen molar-refractivity contribution in [1.29, 1.82) is 0 Å². The third kappa shape index (κ3) is 4.25. The molecule has 3 aromatic rings. The molecule has 1 N–H and O–H groups in total. The van der Waals surface area contributed by atoms with Crippen molar-refractivity contribution in [3.63, 3.8) is 0 Å². The third-order valence-electron chi connectivity index (χ3n) is 5.10. The molecule has 33 heavy (non-hydrogen) atoms. The quantitative estimate of drug-likeness (QED) is 0.571. The van der Waals surface area contributed by atoms with Crippen LogP contribution >= 0.6 is 0 Å². The number of hydrogen-bond acceptors (Lipinski definition) is 9. The number of nitrogens with one attached hydrogen (secondary N) is 1. The molecule has 0 aliphatic carbocycles. The maximum atomic E-state index is 12.5. The summed E-state index contributed by atoms with van der Waals surface area (Å²) in [6.07, 6.45) is 0. The van der Waals surface area contributed by atoms with Crippen molar-refractivity contribution < 1.29 is 33.1 Å². The van der Waals surface area contributed by atoms with Crippen molar-refractivity contribution in [2.45, 2.75) is 6.54 Å². The average molecular weight is 454 g/mol. The van der Waals surface area contributed by atoms with Crippen molar-refractivity contribution in [2.75, 3.05) is 39.9 Å². The van der Waals surface area contributed by atoms with E-state index in [1.165, 1.54) is 26.2 Å². The highest BCUT2D eigenvalue weighted by Gasteiger charge is 2.24. The number of carbonyl (C=O) groups excluding carboxylic acids is 2. The molecule has 1 aliphatic heterocycles. The summed E-state index contributed by atoms with van der Waals surface area (Å²) in [6, 6.07) is 8.61. The molecule has 1 aromatic heterocycles. The van der Waals surface area contributed by atoms with E-state index in [-0.39, 0.29) is 30.8 Å². The van der Waals surface area contributed by atoms with Gasteiger partial charge in [-0.3, -0.25) is 9.59 Å². The molecular weight excluding hydrogens is 432 g/mol. The first-order valence-corrected chi connectivity index (χ1v) is 9.89. The lowest BCUT2D eigenvalue weighted by Gasteiger charge is -2.25. The Morgan fingerprint density at radius 3 is 2.52 bits per heavy atom. The predicted molar refractivity (Wildman–Crippen MR) is 116 cm³/mol. The fraction of sp³-hybridized carbons (Fsp3) is 0.273.